The van der Waals surface area contributed by atoms with Crippen LogP contribution in [-0.4, -0.2) is 47.0 Å². The maximum Gasteiger partial charge on any atom is 0.441 e. The van der Waals surface area contributed by atoms with E-state index in [0.29, 0.717) is 24.6 Å². The normalized spacial score (nSPS) is 17.0. The molecule has 2 N–H and O–H groups in total. The van der Waals surface area contributed by atoms with Crippen LogP contribution < -0.4 is 16.4 Å². The van der Waals surface area contributed by atoms with E-state index in [2.05, 4.69) is 54.3 Å². The van der Waals surface area contributed by atoms with Crippen LogP contribution in [-0.2, 0) is 4.79 Å². The predicted molar refractivity (Wildman–Crippen MR) is 133 cm³/mol. The van der Waals surface area contributed by atoms with Crippen LogP contribution >= 0.6 is 0 Å². The summed E-state index contributed by atoms with van der Waals surface area (Å²) in [4.78, 5) is 31.8. The Labute approximate surface area is 205 Å². The SMILES string of the molecule is CCCN1CCC(C#N)(NC(=O)C(CCC(C)(C)CC)Nc2nc(=O)oc3cc(F)ccc23)CC1. The Balaban J connectivity index is 1.86. The lowest BCUT2D eigenvalue weighted by molar-refractivity contribution is -0.124. The summed E-state index contributed by atoms with van der Waals surface area (Å²) >= 11 is 0. The van der Waals surface area contributed by atoms with Crippen molar-refractivity contribution in [2.24, 2.45) is 5.41 Å². The molecular weight excluding hydrogens is 449 g/mol. The molecule has 1 atom stereocenters. The zero-order valence-corrected chi connectivity index (χ0v) is 21.1. The molecule has 35 heavy (non-hydrogen) atoms. The van der Waals surface area contributed by atoms with Crippen LogP contribution in [0.25, 0.3) is 11.0 Å². The van der Waals surface area contributed by atoms with Crippen LogP contribution in [0.4, 0.5) is 10.2 Å². The number of fused-ring (bicyclic) bond motifs is 1. The molecule has 1 amide bonds. The van der Waals surface area contributed by atoms with E-state index < -0.39 is 23.2 Å². The van der Waals surface area contributed by atoms with Gasteiger partial charge in [-0.3, -0.25) is 4.79 Å². The molecule has 1 aromatic carbocycles. The Bertz CT molecular complexity index is 1130. The van der Waals surface area contributed by atoms with Gasteiger partial charge in [0.05, 0.1) is 11.5 Å². The van der Waals surface area contributed by atoms with Crippen molar-refractivity contribution in [3.05, 3.63) is 34.6 Å². The van der Waals surface area contributed by atoms with Crippen LogP contribution in [0.5, 0.6) is 0 Å². The monoisotopic (exact) mass is 485 g/mol. The summed E-state index contributed by atoms with van der Waals surface area (Å²) in [6.45, 7) is 11.0. The standard InChI is InChI=1S/C26H36FN5O3/c1-5-13-32-14-11-26(17-28,12-15-32)31-23(33)20(9-10-25(3,4)6-2)29-22-19-8-7-18(27)16-21(19)35-24(34)30-22/h7-8,16,20H,5-6,9-15H2,1-4H3,(H,31,33)(H,29,30,34). The number of benzene rings is 1. The number of nitriles is 1. The van der Waals surface area contributed by atoms with Crippen molar-refractivity contribution in [1.29, 1.82) is 5.26 Å². The number of carbonyl (C=O) groups is 1. The number of piperidine rings is 1. The molecule has 1 unspecified atom stereocenters. The summed E-state index contributed by atoms with van der Waals surface area (Å²) in [6, 6.07) is 5.45. The number of likely N-dealkylation sites (tertiary alicyclic amines) is 1. The van der Waals surface area contributed by atoms with Crippen molar-refractivity contribution in [2.75, 3.05) is 25.0 Å². The molecule has 0 spiro atoms. The van der Waals surface area contributed by atoms with Gasteiger partial charge in [0, 0.05) is 19.2 Å². The van der Waals surface area contributed by atoms with E-state index in [9.17, 15) is 19.2 Å². The third kappa shape index (κ3) is 6.79. The van der Waals surface area contributed by atoms with E-state index >= 15 is 0 Å². The molecule has 2 aromatic rings. The third-order valence-corrected chi connectivity index (χ3v) is 7.12. The first-order valence-corrected chi connectivity index (χ1v) is 12.4. The van der Waals surface area contributed by atoms with Crippen molar-refractivity contribution < 1.29 is 13.6 Å². The topological polar surface area (TPSA) is 111 Å². The van der Waals surface area contributed by atoms with Crippen LogP contribution in [0.2, 0.25) is 0 Å². The third-order valence-electron chi connectivity index (χ3n) is 7.12. The lowest BCUT2D eigenvalue weighted by atomic mass is 9.83. The predicted octanol–water partition coefficient (Wildman–Crippen LogP) is 4.21. The number of nitrogens with one attached hydrogen (secondary N) is 2. The summed E-state index contributed by atoms with van der Waals surface area (Å²) in [5.74, 6) is -1.57. The van der Waals surface area contributed by atoms with Crippen molar-refractivity contribution in [1.82, 2.24) is 15.2 Å². The number of nitrogens with zero attached hydrogens (tertiary/aromatic N) is 3. The molecule has 190 valence electrons. The highest BCUT2D eigenvalue weighted by Crippen LogP contribution is 2.29. The Kier molecular flexibility index (Phi) is 8.49. The van der Waals surface area contributed by atoms with Gasteiger partial charge in [0.15, 0.2) is 0 Å². The van der Waals surface area contributed by atoms with Crippen molar-refractivity contribution in [2.45, 2.75) is 77.8 Å². The highest BCUT2D eigenvalue weighted by atomic mass is 19.1. The van der Waals surface area contributed by atoms with Crippen LogP contribution in [0.1, 0.15) is 66.2 Å². The van der Waals surface area contributed by atoms with Crippen LogP contribution in [0, 0.1) is 22.6 Å². The molecule has 0 radical (unpaired) electrons. The van der Waals surface area contributed by atoms with Gasteiger partial charge in [0.25, 0.3) is 0 Å². The average molecular weight is 486 g/mol. The Hall–Kier alpha value is -2.99. The molecule has 1 aliphatic rings. The van der Waals surface area contributed by atoms with E-state index in [1.54, 1.807) is 0 Å². The van der Waals surface area contributed by atoms with Crippen LogP contribution in [0.15, 0.2) is 27.4 Å². The quantitative estimate of drug-likeness (QED) is 0.519. The second-order valence-corrected chi connectivity index (χ2v) is 10.2. The largest absolute Gasteiger partial charge is 0.441 e. The first-order chi connectivity index (χ1) is 16.6. The van der Waals surface area contributed by atoms with E-state index in [4.69, 9.17) is 4.42 Å². The van der Waals surface area contributed by atoms with Crippen molar-refractivity contribution in [3.8, 4) is 6.07 Å². The molecule has 0 aliphatic carbocycles. The lowest BCUT2D eigenvalue weighted by Crippen LogP contribution is -2.57. The second kappa shape index (κ2) is 11.2. The summed E-state index contributed by atoms with van der Waals surface area (Å²) in [7, 11) is 0. The van der Waals surface area contributed by atoms with Gasteiger partial charge in [-0.25, -0.2) is 9.18 Å². The molecule has 1 saturated heterocycles. The molecule has 1 fully saturated rings. The van der Waals surface area contributed by atoms with Gasteiger partial charge in [0.2, 0.25) is 5.91 Å². The number of carbonyl (C=O) groups excluding carboxylic acids is 1. The van der Waals surface area contributed by atoms with Gasteiger partial charge in [-0.2, -0.15) is 10.2 Å². The molecule has 8 nitrogen and oxygen atoms in total. The minimum absolute atomic E-state index is 0.00690. The molecule has 0 bridgehead atoms. The fraction of sp³-hybridized carbons (Fsp3) is 0.615. The van der Waals surface area contributed by atoms with Gasteiger partial charge in [-0.1, -0.05) is 34.1 Å². The number of hydrogen-bond donors (Lipinski definition) is 2. The molecule has 1 aromatic heterocycles. The Morgan fingerprint density at radius 2 is 2.06 bits per heavy atom. The fourth-order valence-corrected chi connectivity index (χ4v) is 4.36. The van der Waals surface area contributed by atoms with E-state index in [1.165, 1.54) is 12.1 Å². The maximum atomic E-state index is 13.7. The molecular formula is C26H36FN5O3. The number of aromatic nitrogens is 1. The molecule has 3 rings (SSSR count). The molecule has 9 heteroatoms. The zero-order chi connectivity index (χ0) is 25.6. The van der Waals surface area contributed by atoms with Crippen molar-refractivity contribution >= 4 is 22.7 Å². The first-order valence-electron chi connectivity index (χ1n) is 12.4. The van der Waals surface area contributed by atoms with Gasteiger partial charge in [0.1, 0.15) is 28.8 Å². The average Bonchev–Trinajstić information content (AvgIpc) is 2.82. The van der Waals surface area contributed by atoms with E-state index in [1.807, 2.05) is 0 Å². The summed E-state index contributed by atoms with van der Waals surface area (Å²) in [5, 5.41) is 16.5. The maximum absolute atomic E-state index is 13.7. The highest BCUT2D eigenvalue weighted by Gasteiger charge is 2.38. The van der Waals surface area contributed by atoms with Gasteiger partial charge in [-0.05, 0) is 56.2 Å². The molecule has 1 aliphatic heterocycles. The summed E-state index contributed by atoms with van der Waals surface area (Å²) < 4.78 is 18.7. The van der Waals surface area contributed by atoms with Gasteiger partial charge >= 0.3 is 5.76 Å². The number of rotatable bonds is 10. The number of hydrogen-bond acceptors (Lipinski definition) is 7. The Morgan fingerprint density at radius 1 is 1.34 bits per heavy atom. The van der Waals surface area contributed by atoms with Gasteiger partial charge < -0.3 is 20.0 Å². The fourth-order valence-electron chi connectivity index (χ4n) is 4.36. The minimum atomic E-state index is -0.935. The number of amides is 1. The zero-order valence-electron chi connectivity index (χ0n) is 21.1. The highest BCUT2D eigenvalue weighted by molar-refractivity contribution is 5.91. The van der Waals surface area contributed by atoms with Crippen LogP contribution in [0.3, 0.4) is 0 Å². The second-order valence-electron chi connectivity index (χ2n) is 10.2. The summed E-state index contributed by atoms with van der Waals surface area (Å²) in [5.41, 5.74) is -0.875. The molecule has 2 heterocycles. The minimum Gasteiger partial charge on any atom is -0.408 e. The van der Waals surface area contributed by atoms with Crippen molar-refractivity contribution in [3.63, 3.8) is 0 Å². The van der Waals surface area contributed by atoms with E-state index in [0.717, 1.165) is 45.0 Å². The lowest BCUT2D eigenvalue weighted by Gasteiger charge is -2.38. The molecule has 0 saturated carbocycles. The smallest absolute Gasteiger partial charge is 0.408 e. The van der Waals surface area contributed by atoms with E-state index in [-0.39, 0.29) is 22.7 Å². The number of halogens is 1. The summed E-state index contributed by atoms with van der Waals surface area (Å²) in [6.07, 6.45) is 4.30. The first kappa shape index (κ1) is 26.6. The Morgan fingerprint density at radius 3 is 2.69 bits per heavy atom. The van der Waals surface area contributed by atoms with Gasteiger partial charge in [-0.15, -0.1) is 0 Å². The number of anilines is 1.